The summed E-state index contributed by atoms with van der Waals surface area (Å²) in [6.45, 7) is 3.30. The van der Waals surface area contributed by atoms with Crippen LogP contribution in [0.2, 0.25) is 0 Å². The molecule has 0 unspecified atom stereocenters. The molecule has 0 aliphatic carbocycles. The fraction of sp³-hybridized carbons (Fsp3) is 0.333. The molecular weight excluding hydrogens is 268 g/mol. The molecule has 1 heterocycles. The minimum Gasteiger partial charge on any atom is -0.497 e. The maximum Gasteiger partial charge on any atom is 0.225 e. The van der Waals surface area contributed by atoms with Gasteiger partial charge in [0.05, 0.1) is 7.11 Å². The fourth-order valence-electron chi connectivity index (χ4n) is 1.78. The molecule has 0 amide bonds. The highest BCUT2D eigenvalue weighted by atomic mass is 16.5. The minimum absolute atomic E-state index is 0.191. The molecule has 0 saturated heterocycles. The molecule has 21 heavy (non-hydrogen) atoms. The number of nitrogens with one attached hydrogen (secondary N) is 1. The Hall–Kier alpha value is -2.50. The molecule has 0 aliphatic heterocycles. The zero-order valence-corrected chi connectivity index (χ0v) is 12.3. The van der Waals surface area contributed by atoms with Crippen molar-refractivity contribution in [2.24, 2.45) is 0 Å². The van der Waals surface area contributed by atoms with E-state index in [9.17, 15) is 0 Å². The van der Waals surface area contributed by atoms with Crippen LogP contribution >= 0.6 is 0 Å². The molecular formula is C15H20N4O2. The highest BCUT2D eigenvalue weighted by Crippen LogP contribution is 2.18. The topological polar surface area (TPSA) is 82.3 Å². The number of rotatable bonds is 7. The Morgan fingerprint density at radius 2 is 2.10 bits per heavy atom. The molecule has 1 aromatic carbocycles. The minimum atomic E-state index is 0.191. The predicted octanol–water partition coefficient (Wildman–Crippen LogP) is 2.47. The van der Waals surface area contributed by atoms with Crippen molar-refractivity contribution >= 4 is 11.8 Å². The monoisotopic (exact) mass is 288 g/mol. The smallest absolute Gasteiger partial charge is 0.225 e. The van der Waals surface area contributed by atoms with Gasteiger partial charge in [0, 0.05) is 12.6 Å². The van der Waals surface area contributed by atoms with Crippen LogP contribution in [0.25, 0.3) is 0 Å². The van der Waals surface area contributed by atoms with Crippen molar-refractivity contribution in [2.75, 3.05) is 24.7 Å². The average Bonchev–Trinajstić information content (AvgIpc) is 2.50. The predicted molar refractivity (Wildman–Crippen MR) is 82.6 cm³/mol. The number of aromatic nitrogens is 2. The molecule has 0 spiro atoms. The van der Waals surface area contributed by atoms with Crippen LogP contribution in [0.15, 0.2) is 30.3 Å². The first-order valence-corrected chi connectivity index (χ1v) is 6.85. The molecule has 3 N–H and O–H groups in total. The maximum absolute atomic E-state index is 5.68. The third-order valence-corrected chi connectivity index (χ3v) is 2.80. The summed E-state index contributed by atoms with van der Waals surface area (Å²) in [5, 5.41) is 3.16. The van der Waals surface area contributed by atoms with Crippen molar-refractivity contribution in [3.8, 4) is 11.6 Å². The van der Waals surface area contributed by atoms with E-state index >= 15 is 0 Å². The summed E-state index contributed by atoms with van der Waals surface area (Å²) < 4.78 is 10.8. The molecule has 112 valence electrons. The van der Waals surface area contributed by atoms with Gasteiger partial charge in [0.25, 0.3) is 0 Å². The van der Waals surface area contributed by atoms with Crippen LogP contribution in [0.3, 0.4) is 0 Å². The van der Waals surface area contributed by atoms with Gasteiger partial charge in [0.15, 0.2) is 0 Å². The molecule has 1 aromatic heterocycles. The van der Waals surface area contributed by atoms with Crippen molar-refractivity contribution < 1.29 is 9.47 Å². The van der Waals surface area contributed by atoms with Gasteiger partial charge in [-0.15, -0.1) is 0 Å². The van der Waals surface area contributed by atoms with E-state index < -0.39 is 0 Å². The van der Waals surface area contributed by atoms with Crippen molar-refractivity contribution in [1.82, 2.24) is 9.97 Å². The van der Waals surface area contributed by atoms with E-state index in [1.807, 2.05) is 24.3 Å². The van der Waals surface area contributed by atoms with Gasteiger partial charge < -0.3 is 20.5 Å². The number of nitrogens with two attached hydrogens (primary N) is 1. The number of nitrogens with zero attached hydrogens (tertiary/aromatic N) is 2. The number of ether oxygens (including phenoxy) is 2. The second-order valence-corrected chi connectivity index (χ2v) is 4.52. The molecule has 0 saturated carbocycles. The standard InChI is InChI=1S/C15H20N4O2/c1-3-7-17-13-9-14(19-15(16)18-13)21-10-11-5-4-6-12(8-11)20-2/h4-6,8-9H,3,7,10H2,1-2H3,(H3,16,17,18,19). The van der Waals surface area contributed by atoms with Gasteiger partial charge >= 0.3 is 0 Å². The lowest BCUT2D eigenvalue weighted by molar-refractivity contribution is 0.293. The zero-order chi connectivity index (χ0) is 15.1. The second-order valence-electron chi connectivity index (χ2n) is 4.52. The summed E-state index contributed by atoms with van der Waals surface area (Å²) >= 11 is 0. The Morgan fingerprint density at radius 3 is 2.86 bits per heavy atom. The Balaban J connectivity index is 2.03. The van der Waals surface area contributed by atoms with Gasteiger partial charge in [-0.05, 0) is 24.1 Å². The van der Waals surface area contributed by atoms with Crippen LogP contribution in [0.1, 0.15) is 18.9 Å². The molecule has 0 radical (unpaired) electrons. The van der Waals surface area contributed by atoms with E-state index in [4.69, 9.17) is 15.2 Å². The third-order valence-electron chi connectivity index (χ3n) is 2.80. The van der Waals surface area contributed by atoms with Gasteiger partial charge in [-0.2, -0.15) is 9.97 Å². The number of methoxy groups -OCH3 is 1. The highest BCUT2D eigenvalue weighted by Gasteiger charge is 2.04. The van der Waals surface area contributed by atoms with Gasteiger partial charge in [-0.1, -0.05) is 19.1 Å². The SMILES string of the molecule is CCCNc1cc(OCc2cccc(OC)c2)nc(N)n1. The quantitative estimate of drug-likeness (QED) is 0.814. The zero-order valence-electron chi connectivity index (χ0n) is 12.3. The van der Waals surface area contributed by atoms with Crippen LogP contribution in [0, 0.1) is 0 Å². The van der Waals surface area contributed by atoms with E-state index in [2.05, 4.69) is 22.2 Å². The Morgan fingerprint density at radius 1 is 1.24 bits per heavy atom. The Bertz CT molecular complexity index is 590. The van der Waals surface area contributed by atoms with E-state index in [-0.39, 0.29) is 5.95 Å². The lowest BCUT2D eigenvalue weighted by Crippen LogP contribution is -2.07. The largest absolute Gasteiger partial charge is 0.497 e. The van der Waals surface area contributed by atoms with Gasteiger partial charge in [-0.3, -0.25) is 0 Å². The van der Waals surface area contributed by atoms with E-state index in [0.29, 0.717) is 18.3 Å². The Labute approximate surface area is 124 Å². The molecule has 0 fully saturated rings. The molecule has 2 rings (SSSR count). The first kappa shape index (κ1) is 14.9. The van der Waals surface area contributed by atoms with E-state index in [1.54, 1.807) is 13.2 Å². The average molecular weight is 288 g/mol. The van der Waals surface area contributed by atoms with Crippen LogP contribution < -0.4 is 20.5 Å². The lowest BCUT2D eigenvalue weighted by atomic mass is 10.2. The van der Waals surface area contributed by atoms with E-state index in [0.717, 1.165) is 24.3 Å². The second kappa shape index (κ2) is 7.33. The van der Waals surface area contributed by atoms with Crippen molar-refractivity contribution in [1.29, 1.82) is 0 Å². The summed E-state index contributed by atoms with van der Waals surface area (Å²) in [6.07, 6.45) is 1.00. The molecule has 6 nitrogen and oxygen atoms in total. The summed E-state index contributed by atoms with van der Waals surface area (Å²) in [5.41, 5.74) is 6.68. The van der Waals surface area contributed by atoms with Crippen LogP contribution in [-0.4, -0.2) is 23.6 Å². The highest BCUT2D eigenvalue weighted by molar-refractivity contribution is 5.42. The molecule has 0 bridgehead atoms. The summed E-state index contributed by atoms with van der Waals surface area (Å²) in [7, 11) is 1.64. The third kappa shape index (κ3) is 4.52. The molecule has 6 heteroatoms. The number of hydrogen-bond acceptors (Lipinski definition) is 6. The van der Waals surface area contributed by atoms with Crippen molar-refractivity contribution in [3.05, 3.63) is 35.9 Å². The number of benzene rings is 1. The number of nitrogen functional groups attached to an aromatic ring is 1. The normalized spacial score (nSPS) is 10.2. The van der Waals surface area contributed by atoms with Crippen molar-refractivity contribution in [3.63, 3.8) is 0 Å². The summed E-state index contributed by atoms with van der Waals surface area (Å²) in [6, 6.07) is 9.43. The molecule has 0 aliphatic rings. The summed E-state index contributed by atoms with van der Waals surface area (Å²) in [4.78, 5) is 8.18. The molecule has 2 aromatic rings. The first-order valence-electron chi connectivity index (χ1n) is 6.85. The maximum atomic E-state index is 5.68. The van der Waals surface area contributed by atoms with E-state index in [1.165, 1.54) is 0 Å². The van der Waals surface area contributed by atoms with Gasteiger partial charge in [0.2, 0.25) is 11.8 Å². The lowest BCUT2D eigenvalue weighted by Gasteiger charge is -2.09. The van der Waals surface area contributed by atoms with Gasteiger partial charge in [-0.25, -0.2) is 0 Å². The van der Waals surface area contributed by atoms with Crippen molar-refractivity contribution in [2.45, 2.75) is 20.0 Å². The number of anilines is 2. The Kier molecular flexibility index (Phi) is 5.20. The molecule has 0 atom stereocenters. The first-order chi connectivity index (χ1) is 10.2. The van der Waals surface area contributed by atoms with Crippen LogP contribution in [0.5, 0.6) is 11.6 Å². The number of hydrogen-bond donors (Lipinski definition) is 2. The van der Waals surface area contributed by atoms with Gasteiger partial charge in [0.1, 0.15) is 18.2 Å². The van der Waals surface area contributed by atoms with Crippen LogP contribution in [-0.2, 0) is 6.61 Å². The van der Waals surface area contributed by atoms with Crippen LogP contribution in [0.4, 0.5) is 11.8 Å². The fourth-order valence-corrected chi connectivity index (χ4v) is 1.78. The summed E-state index contributed by atoms with van der Waals surface area (Å²) in [5.74, 6) is 2.11.